The Hall–Kier alpha value is -0.840. The zero-order chi connectivity index (χ0) is 12.8. The lowest BCUT2D eigenvalue weighted by Gasteiger charge is -2.26. The number of rotatable bonds is 5. The Kier molecular flexibility index (Phi) is 5.23. The molecule has 2 rings (SSSR count). The van der Waals surface area contributed by atoms with E-state index in [1.807, 2.05) is 30.8 Å². The maximum absolute atomic E-state index is 10.9. The van der Waals surface area contributed by atoms with Gasteiger partial charge in [0.25, 0.3) is 0 Å². The van der Waals surface area contributed by atoms with Crippen molar-refractivity contribution in [1.82, 2.24) is 4.90 Å². The highest BCUT2D eigenvalue weighted by Crippen LogP contribution is 2.24. The second kappa shape index (κ2) is 6.92. The van der Waals surface area contributed by atoms with Crippen LogP contribution in [-0.2, 0) is 4.74 Å². The molecule has 0 radical (unpaired) electrons. The number of ether oxygens (including phenoxy) is 1. The van der Waals surface area contributed by atoms with E-state index in [-0.39, 0.29) is 0 Å². The molecule has 0 amide bonds. The van der Waals surface area contributed by atoms with E-state index in [1.54, 1.807) is 0 Å². The van der Waals surface area contributed by atoms with Crippen molar-refractivity contribution < 1.29 is 9.53 Å². The van der Waals surface area contributed by atoms with Crippen molar-refractivity contribution in [1.29, 1.82) is 0 Å². The third-order valence-corrected chi connectivity index (χ3v) is 4.36. The van der Waals surface area contributed by atoms with Crippen molar-refractivity contribution in [2.24, 2.45) is 0 Å². The Morgan fingerprint density at radius 2 is 2.17 bits per heavy atom. The molecule has 3 nitrogen and oxygen atoms in total. The van der Waals surface area contributed by atoms with Gasteiger partial charge in [-0.05, 0) is 18.6 Å². The van der Waals surface area contributed by atoms with E-state index in [0.717, 1.165) is 56.0 Å². The van der Waals surface area contributed by atoms with Crippen molar-refractivity contribution >= 4 is 18.0 Å². The summed E-state index contributed by atoms with van der Waals surface area (Å²) in [7, 11) is 0. The highest BCUT2D eigenvalue weighted by molar-refractivity contribution is 7.99. The maximum Gasteiger partial charge on any atom is 0.150 e. The molecule has 0 saturated carbocycles. The summed E-state index contributed by atoms with van der Waals surface area (Å²) < 4.78 is 5.33. The van der Waals surface area contributed by atoms with Crippen LogP contribution in [0.25, 0.3) is 0 Å². The molecule has 0 unspecified atom stereocenters. The second-order valence-electron chi connectivity index (χ2n) is 4.39. The highest BCUT2D eigenvalue weighted by Gasteiger charge is 2.10. The van der Waals surface area contributed by atoms with Crippen molar-refractivity contribution in [3.05, 3.63) is 29.3 Å². The van der Waals surface area contributed by atoms with Crippen molar-refractivity contribution in [2.45, 2.75) is 11.8 Å². The van der Waals surface area contributed by atoms with Gasteiger partial charge in [0, 0.05) is 35.8 Å². The molecule has 1 aromatic rings. The standard InChI is InChI=1S/C14H19NO2S/c1-12-13(11-16)3-2-4-14(12)18-10-7-15-5-8-17-9-6-15/h2-4,11H,5-10H2,1H3. The third kappa shape index (κ3) is 3.57. The molecular formula is C14H19NO2S. The van der Waals surface area contributed by atoms with E-state index in [9.17, 15) is 4.79 Å². The minimum Gasteiger partial charge on any atom is -0.379 e. The van der Waals surface area contributed by atoms with Gasteiger partial charge in [-0.15, -0.1) is 11.8 Å². The first-order valence-electron chi connectivity index (χ1n) is 6.29. The normalized spacial score (nSPS) is 16.7. The molecule has 1 fully saturated rings. The Morgan fingerprint density at radius 1 is 1.39 bits per heavy atom. The largest absolute Gasteiger partial charge is 0.379 e. The van der Waals surface area contributed by atoms with Crippen LogP contribution in [0.5, 0.6) is 0 Å². The molecule has 0 spiro atoms. The summed E-state index contributed by atoms with van der Waals surface area (Å²) in [5.74, 6) is 1.06. The summed E-state index contributed by atoms with van der Waals surface area (Å²) in [6, 6.07) is 5.91. The Morgan fingerprint density at radius 3 is 2.89 bits per heavy atom. The topological polar surface area (TPSA) is 29.5 Å². The number of carbonyl (C=O) groups excluding carboxylic acids is 1. The quantitative estimate of drug-likeness (QED) is 0.603. The number of carbonyl (C=O) groups is 1. The molecule has 98 valence electrons. The molecule has 0 atom stereocenters. The molecular weight excluding hydrogens is 246 g/mol. The molecule has 4 heteroatoms. The Balaban J connectivity index is 1.84. The Labute approximate surface area is 113 Å². The van der Waals surface area contributed by atoms with Gasteiger partial charge in [-0.25, -0.2) is 0 Å². The van der Waals surface area contributed by atoms with Crippen LogP contribution in [0.4, 0.5) is 0 Å². The van der Waals surface area contributed by atoms with Crippen LogP contribution in [-0.4, -0.2) is 49.8 Å². The molecule has 1 saturated heterocycles. The number of benzene rings is 1. The Bertz CT molecular complexity index is 403. The van der Waals surface area contributed by atoms with Crippen LogP contribution in [0.1, 0.15) is 15.9 Å². The second-order valence-corrected chi connectivity index (χ2v) is 5.53. The number of hydrogen-bond donors (Lipinski definition) is 0. The molecule has 0 aromatic heterocycles. The van der Waals surface area contributed by atoms with Crippen LogP contribution >= 0.6 is 11.8 Å². The van der Waals surface area contributed by atoms with Gasteiger partial charge in [-0.1, -0.05) is 12.1 Å². The molecule has 1 heterocycles. The van der Waals surface area contributed by atoms with Gasteiger partial charge in [-0.2, -0.15) is 0 Å². The first-order valence-corrected chi connectivity index (χ1v) is 7.27. The van der Waals surface area contributed by atoms with Crippen molar-refractivity contribution in [2.75, 3.05) is 38.6 Å². The number of hydrogen-bond acceptors (Lipinski definition) is 4. The molecule has 0 N–H and O–H groups in total. The number of nitrogens with zero attached hydrogens (tertiary/aromatic N) is 1. The summed E-state index contributed by atoms with van der Waals surface area (Å²) in [4.78, 5) is 14.5. The summed E-state index contributed by atoms with van der Waals surface area (Å²) in [6.45, 7) is 6.87. The first kappa shape index (κ1) is 13.6. The van der Waals surface area contributed by atoms with Gasteiger partial charge in [0.05, 0.1) is 13.2 Å². The zero-order valence-corrected chi connectivity index (χ0v) is 11.5. The SMILES string of the molecule is Cc1c(C=O)cccc1SCCN1CCOCC1. The van der Waals surface area contributed by atoms with Crippen LogP contribution in [0, 0.1) is 6.92 Å². The summed E-state index contributed by atoms with van der Waals surface area (Å²) >= 11 is 1.83. The molecule has 18 heavy (non-hydrogen) atoms. The van der Waals surface area contributed by atoms with Gasteiger partial charge >= 0.3 is 0 Å². The number of morpholine rings is 1. The van der Waals surface area contributed by atoms with E-state index in [2.05, 4.69) is 11.0 Å². The van der Waals surface area contributed by atoms with E-state index in [0.29, 0.717) is 0 Å². The summed E-state index contributed by atoms with van der Waals surface area (Å²) in [6.07, 6.45) is 0.932. The highest BCUT2D eigenvalue weighted by atomic mass is 32.2. The zero-order valence-electron chi connectivity index (χ0n) is 10.7. The lowest BCUT2D eigenvalue weighted by Crippen LogP contribution is -2.37. The molecule has 0 aliphatic carbocycles. The molecule has 1 aromatic carbocycles. The molecule has 1 aliphatic rings. The smallest absolute Gasteiger partial charge is 0.150 e. The van der Waals surface area contributed by atoms with Crippen molar-refractivity contribution in [3.8, 4) is 0 Å². The summed E-state index contributed by atoms with van der Waals surface area (Å²) in [5.41, 5.74) is 1.89. The minimum absolute atomic E-state index is 0.798. The molecule has 1 aliphatic heterocycles. The lowest BCUT2D eigenvalue weighted by molar-refractivity contribution is 0.0410. The average molecular weight is 265 g/mol. The van der Waals surface area contributed by atoms with Crippen LogP contribution in [0.15, 0.2) is 23.1 Å². The number of aldehydes is 1. The first-order chi connectivity index (χ1) is 8.81. The van der Waals surface area contributed by atoms with Gasteiger partial charge in [0.2, 0.25) is 0 Å². The summed E-state index contributed by atoms with van der Waals surface area (Å²) in [5, 5.41) is 0. The predicted molar refractivity (Wildman–Crippen MR) is 74.5 cm³/mol. The van der Waals surface area contributed by atoms with Crippen LogP contribution in [0.2, 0.25) is 0 Å². The average Bonchev–Trinajstić information content (AvgIpc) is 2.42. The maximum atomic E-state index is 10.9. The fourth-order valence-corrected chi connectivity index (χ4v) is 3.10. The van der Waals surface area contributed by atoms with Gasteiger partial charge in [0.1, 0.15) is 6.29 Å². The number of thioether (sulfide) groups is 1. The van der Waals surface area contributed by atoms with Gasteiger partial charge < -0.3 is 4.74 Å². The monoisotopic (exact) mass is 265 g/mol. The van der Waals surface area contributed by atoms with E-state index < -0.39 is 0 Å². The van der Waals surface area contributed by atoms with E-state index >= 15 is 0 Å². The lowest BCUT2D eigenvalue weighted by atomic mass is 10.1. The van der Waals surface area contributed by atoms with E-state index in [4.69, 9.17) is 4.74 Å². The fraction of sp³-hybridized carbons (Fsp3) is 0.500. The van der Waals surface area contributed by atoms with Gasteiger partial charge in [0.15, 0.2) is 0 Å². The third-order valence-electron chi connectivity index (χ3n) is 3.22. The predicted octanol–water partition coefficient (Wildman–Crippen LogP) is 2.23. The molecule has 0 bridgehead atoms. The van der Waals surface area contributed by atoms with Gasteiger partial charge in [-0.3, -0.25) is 9.69 Å². The van der Waals surface area contributed by atoms with Crippen LogP contribution < -0.4 is 0 Å². The minimum atomic E-state index is 0.798. The van der Waals surface area contributed by atoms with E-state index in [1.165, 1.54) is 4.90 Å². The van der Waals surface area contributed by atoms with Crippen molar-refractivity contribution in [3.63, 3.8) is 0 Å². The fourth-order valence-electron chi connectivity index (χ4n) is 2.02. The van der Waals surface area contributed by atoms with Crippen LogP contribution in [0.3, 0.4) is 0 Å².